The van der Waals surface area contributed by atoms with E-state index in [1.165, 1.54) is 15.7 Å². The van der Waals surface area contributed by atoms with E-state index >= 15 is 0 Å². The van der Waals surface area contributed by atoms with Gasteiger partial charge in [-0.25, -0.2) is 0 Å². The molecule has 0 aromatic heterocycles. The molecule has 1 aromatic carbocycles. The number of nitrogens with zero attached hydrogens (tertiary/aromatic N) is 2. The largest absolute Gasteiger partial charge is 0.365 e. The minimum atomic E-state index is 0.231. The van der Waals surface area contributed by atoms with Crippen molar-refractivity contribution in [3.05, 3.63) is 28.2 Å². The van der Waals surface area contributed by atoms with Crippen LogP contribution in [0.25, 0.3) is 0 Å². The van der Waals surface area contributed by atoms with E-state index in [0.29, 0.717) is 11.8 Å². The van der Waals surface area contributed by atoms with Crippen molar-refractivity contribution in [3.63, 3.8) is 0 Å². The third-order valence-electron chi connectivity index (χ3n) is 4.83. The Morgan fingerprint density at radius 3 is 2.89 bits per heavy atom. The number of rotatable bonds is 1. The van der Waals surface area contributed by atoms with Gasteiger partial charge in [-0.2, -0.15) is 0 Å². The van der Waals surface area contributed by atoms with Crippen LogP contribution >= 0.6 is 15.9 Å². The molecule has 3 nitrogen and oxygen atoms in total. The molecule has 1 saturated carbocycles. The standard InChI is InChI=1S/C15H17BrN2O/c16-12-2-1-3-13-11(12)8-10-9-17(6-7-18(10)13)14-4-5-15(14)19/h1-3,10,14H,4-9H2/t10-,14?/m0/s1. The molecular weight excluding hydrogens is 304 g/mol. The summed E-state index contributed by atoms with van der Waals surface area (Å²) in [6, 6.07) is 7.26. The maximum atomic E-state index is 11.6. The Morgan fingerprint density at radius 1 is 1.26 bits per heavy atom. The van der Waals surface area contributed by atoms with Crippen LogP contribution in [0.1, 0.15) is 18.4 Å². The molecule has 1 unspecified atom stereocenters. The SMILES string of the molecule is O=C1CCC1N1CCN2c3cccc(Br)c3C[C@H]2C1. The van der Waals surface area contributed by atoms with Gasteiger partial charge in [-0.15, -0.1) is 0 Å². The summed E-state index contributed by atoms with van der Waals surface area (Å²) in [4.78, 5) is 16.6. The Morgan fingerprint density at radius 2 is 2.16 bits per heavy atom. The fourth-order valence-electron chi connectivity index (χ4n) is 3.69. The van der Waals surface area contributed by atoms with Crippen LogP contribution in [0.3, 0.4) is 0 Å². The Bertz CT molecular complexity index is 545. The minimum Gasteiger partial charge on any atom is -0.365 e. The van der Waals surface area contributed by atoms with Crippen molar-refractivity contribution in [3.8, 4) is 0 Å². The summed E-state index contributed by atoms with van der Waals surface area (Å²) < 4.78 is 1.23. The third-order valence-corrected chi connectivity index (χ3v) is 5.58. The molecule has 19 heavy (non-hydrogen) atoms. The zero-order valence-corrected chi connectivity index (χ0v) is 12.4. The Kier molecular flexibility index (Phi) is 2.71. The molecule has 4 heteroatoms. The second kappa shape index (κ2) is 4.32. The lowest BCUT2D eigenvalue weighted by atomic mass is 9.88. The van der Waals surface area contributed by atoms with Crippen molar-refractivity contribution in [1.82, 2.24) is 4.90 Å². The van der Waals surface area contributed by atoms with Crippen LogP contribution in [0, 0.1) is 0 Å². The van der Waals surface area contributed by atoms with E-state index in [0.717, 1.165) is 38.9 Å². The topological polar surface area (TPSA) is 23.6 Å². The average Bonchev–Trinajstić information content (AvgIpc) is 2.76. The van der Waals surface area contributed by atoms with Gasteiger partial charge < -0.3 is 4.90 Å². The van der Waals surface area contributed by atoms with Crippen molar-refractivity contribution in [2.75, 3.05) is 24.5 Å². The number of carbonyl (C=O) groups excluding carboxylic acids is 1. The highest BCUT2D eigenvalue weighted by atomic mass is 79.9. The lowest BCUT2D eigenvalue weighted by Crippen LogP contribution is -2.59. The van der Waals surface area contributed by atoms with Gasteiger partial charge in [0.2, 0.25) is 0 Å². The van der Waals surface area contributed by atoms with Crippen LogP contribution in [0.15, 0.2) is 22.7 Å². The Balaban J connectivity index is 1.56. The van der Waals surface area contributed by atoms with Crippen molar-refractivity contribution in [1.29, 1.82) is 0 Å². The van der Waals surface area contributed by atoms with Gasteiger partial charge in [0.15, 0.2) is 0 Å². The minimum absolute atomic E-state index is 0.231. The summed E-state index contributed by atoms with van der Waals surface area (Å²) >= 11 is 3.67. The van der Waals surface area contributed by atoms with E-state index in [2.05, 4.69) is 43.9 Å². The molecule has 0 spiro atoms. The maximum Gasteiger partial charge on any atom is 0.150 e. The molecule has 2 atom stereocenters. The number of Topliss-reactive ketones (excluding diaryl/α,β-unsaturated/α-hetero) is 1. The van der Waals surface area contributed by atoms with Crippen LogP contribution in [0.5, 0.6) is 0 Å². The van der Waals surface area contributed by atoms with E-state index in [-0.39, 0.29) is 6.04 Å². The molecular formula is C15H17BrN2O. The predicted molar refractivity (Wildman–Crippen MR) is 78.6 cm³/mol. The number of ketones is 1. The van der Waals surface area contributed by atoms with Crippen molar-refractivity contribution >= 4 is 27.4 Å². The van der Waals surface area contributed by atoms with Gasteiger partial charge in [0.1, 0.15) is 5.78 Å². The molecule has 1 saturated heterocycles. The molecule has 2 aliphatic heterocycles. The lowest BCUT2D eigenvalue weighted by Gasteiger charge is -2.44. The number of hydrogen-bond donors (Lipinski definition) is 0. The smallest absolute Gasteiger partial charge is 0.150 e. The number of fused-ring (bicyclic) bond motifs is 3. The highest BCUT2D eigenvalue weighted by Gasteiger charge is 2.40. The number of halogens is 1. The van der Waals surface area contributed by atoms with Crippen molar-refractivity contribution in [2.24, 2.45) is 0 Å². The van der Waals surface area contributed by atoms with Gasteiger partial charge in [-0.3, -0.25) is 9.69 Å². The molecule has 3 aliphatic rings. The van der Waals surface area contributed by atoms with E-state index in [1.807, 2.05) is 0 Å². The second-order valence-corrected chi connectivity index (χ2v) is 6.66. The highest BCUT2D eigenvalue weighted by molar-refractivity contribution is 9.10. The van der Waals surface area contributed by atoms with Gasteiger partial charge in [-0.05, 0) is 30.5 Å². The molecule has 2 heterocycles. The first kappa shape index (κ1) is 11.9. The molecule has 100 valence electrons. The summed E-state index contributed by atoms with van der Waals surface area (Å²) in [6.45, 7) is 3.12. The second-order valence-electron chi connectivity index (χ2n) is 5.80. The monoisotopic (exact) mass is 320 g/mol. The van der Waals surface area contributed by atoms with E-state index in [1.54, 1.807) is 0 Å². The normalized spacial score (nSPS) is 29.9. The van der Waals surface area contributed by atoms with Crippen LogP contribution < -0.4 is 4.90 Å². The zero-order chi connectivity index (χ0) is 13.0. The number of hydrogen-bond acceptors (Lipinski definition) is 3. The zero-order valence-electron chi connectivity index (χ0n) is 10.8. The first-order chi connectivity index (χ1) is 9.24. The molecule has 1 aliphatic carbocycles. The first-order valence-electron chi connectivity index (χ1n) is 7.05. The molecule has 0 amide bonds. The fraction of sp³-hybridized carbons (Fsp3) is 0.533. The van der Waals surface area contributed by atoms with Crippen LogP contribution in [-0.2, 0) is 11.2 Å². The van der Waals surface area contributed by atoms with E-state index in [9.17, 15) is 4.79 Å². The summed E-state index contributed by atoms with van der Waals surface area (Å²) in [5.41, 5.74) is 2.83. The summed E-state index contributed by atoms with van der Waals surface area (Å²) in [5.74, 6) is 0.449. The van der Waals surface area contributed by atoms with Gasteiger partial charge in [-0.1, -0.05) is 22.0 Å². The molecule has 0 radical (unpaired) electrons. The van der Waals surface area contributed by atoms with E-state index in [4.69, 9.17) is 0 Å². The van der Waals surface area contributed by atoms with Gasteiger partial charge in [0.25, 0.3) is 0 Å². The fourth-order valence-corrected chi connectivity index (χ4v) is 4.20. The van der Waals surface area contributed by atoms with Crippen LogP contribution in [0.2, 0.25) is 0 Å². The first-order valence-corrected chi connectivity index (χ1v) is 7.84. The number of anilines is 1. The summed E-state index contributed by atoms with van der Waals surface area (Å²) in [5, 5.41) is 0. The van der Waals surface area contributed by atoms with Crippen LogP contribution in [0.4, 0.5) is 5.69 Å². The third kappa shape index (κ3) is 1.77. The molecule has 0 N–H and O–H groups in total. The maximum absolute atomic E-state index is 11.6. The summed E-state index contributed by atoms with van der Waals surface area (Å²) in [7, 11) is 0. The predicted octanol–water partition coefficient (Wildman–Crippen LogP) is 2.23. The Hall–Kier alpha value is -0.870. The van der Waals surface area contributed by atoms with E-state index < -0.39 is 0 Å². The highest BCUT2D eigenvalue weighted by Crippen LogP contribution is 2.39. The van der Waals surface area contributed by atoms with Gasteiger partial charge in [0.05, 0.1) is 6.04 Å². The lowest BCUT2D eigenvalue weighted by molar-refractivity contribution is -0.131. The average molecular weight is 321 g/mol. The quantitative estimate of drug-likeness (QED) is 0.792. The van der Waals surface area contributed by atoms with Crippen molar-refractivity contribution in [2.45, 2.75) is 31.3 Å². The summed E-state index contributed by atoms with van der Waals surface area (Å²) in [6.07, 6.45) is 2.97. The Labute approximate surface area is 121 Å². The van der Waals surface area contributed by atoms with Gasteiger partial charge in [0, 0.05) is 42.3 Å². The molecule has 4 rings (SSSR count). The number of piperazine rings is 1. The molecule has 2 fully saturated rings. The molecule has 0 bridgehead atoms. The van der Waals surface area contributed by atoms with Crippen molar-refractivity contribution < 1.29 is 4.79 Å². The number of benzene rings is 1. The van der Waals surface area contributed by atoms with Crippen LogP contribution in [-0.4, -0.2) is 42.4 Å². The number of carbonyl (C=O) groups is 1. The van der Waals surface area contributed by atoms with Gasteiger partial charge >= 0.3 is 0 Å². The molecule has 1 aromatic rings.